The zero-order valence-electron chi connectivity index (χ0n) is 33.7. The number of hydrogen-bond acceptors (Lipinski definition) is 9. The van der Waals surface area contributed by atoms with Gasteiger partial charge < -0.3 is 31.9 Å². The van der Waals surface area contributed by atoms with E-state index in [1.807, 2.05) is 96.1 Å². The van der Waals surface area contributed by atoms with Crippen LogP contribution in [-0.4, -0.2) is 89.0 Å². The standard InChI is InChI=1S/C27H28N2O2S.C16H26N4O4S2/c1-19(2)24-26(31)28-23(25(30)29-24)18-32-27(20-12-6-3-7-13-20,21-14-8-4-9-15-21)22-16-10-5-11-17-22;1-7(2)11-15(23)17-9(13(21)19-11)5-25-26-6-10-14(22)20-12(8(3)4)16(24)18-10/h3-17,19,23-24H,18H2,1-2H3,(H,28,31)(H,29,30);7-12H,5-6H2,1-4H3,(H,17,23)(H,18,24)(H,19,21)(H,20,22)/t23-,24+;9-,10-,11+,12+/m00/s1. The molecule has 0 radical (unpaired) electrons. The van der Waals surface area contributed by atoms with E-state index in [1.165, 1.54) is 21.6 Å². The first kappa shape index (κ1) is 44.6. The van der Waals surface area contributed by atoms with E-state index >= 15 is 0 Å². The molecule has 15 heteroatoms. The Morgan fingerprint density at radius 1 is 0.414 bits per heavy atom. The lowest BCUT2D eigenvalue weighted by atomic mass is 9.84. The van der Waals surface area contributed by atoms with Crippen LogP contribution < -0.4 is 31.9 Å². The Morgan fingerprint density at radius 3 is 0.966 bits per heavy atom. The lowest BCUT2D eigenvalue weighted by Crippen LogP contribution is -2.64. The van der Waals surface area contributed by atoms with Crippen molar-refractivity contribution in [3.05, 3.63) is 108 Å². The zero-order chi connectivity index (χ0) is 42.0. The molecule has 3 fully saturated rings. The fourth-order valence-electron chi connectivity index (χ4n) is 6.91. The fraction of sp³-hybridized carbons (Fsp3) is 0.442. The van der Waals surface area contributed by atoms with Gasteiger partial charge in [0.1, 0.15) is 36.3 Å². The van der Waals surface area contributed by atoms with E-state index in [4.69, 9.17) is 0 Å². The summed E-state index contributed by atoms with van der Waals surface area (Å²) in [7, 11) is 2.78. The summed E-state index contributed by atoms with van der Waals surface area (Å²) in [4.78, 5) is 73.6. The number of amides is 6. The lowest BCUT2D eigenvalue weighted by Gasteiger charge is -2.38. The molecule has 310 valence electrons. The molecular weight excluding hydrogens is 793 g/mol. The topological polar surface area (TPSA) is 175 Å². The SMILES string of the molecule is CC(C)[C@H]1NC(=O)[C@H](CSC(c2ccccc2)(c2ccccc2)c2ccccc2)NC1=O.CC(C)[C@H]1NC(=O)[C@H](CSSC[C@@H]2NC(=O)[C@@H](C(C)C)NC2=O)NC1=O. The van der Waals surface area contributed by atoms with Gasteiger partial charge >= 0.3 is 0 Å². The molecule has 58 heavy (non-hydrogen) atoms. The van der Waals surface area contributed by atoms with Gasteiger partial charge in [0.15, 0.2) is 0 Å². The zero-order valence-corrected chi connectivity index (χ0v) is 36.1. The normalized spacial score (nSPS) is 23.5. The molecule has 3 aromatic rings. The molecule has 0 bridgehead atoms. The van der Waals surface area contributed by atoms with Crippen molar-refractivity contribution in [1.82, 2.24) is 31.9 Å². The highest BCUT2D eigenvalue weighted by Crippen LogP contribution is 2.48. The highest BCUT2D eigenvalue weighted by Gasteiger charge is 2.41. The van der Waals surface area contributed by atoms with Crippen molar-refractivity contribution in [2.75, 3.05) is 17.3 Å². The fourth-order valence-corrected chi connectivity index (χ4v) is 10.8. The van der Waals surface area contributed by atoms with Crippen molar-refractivity contribution in [3.63, 3.8) is 0 Å². The second-order valence-electron chi connectivity index (χ2n) is 15.5. The minimum Gasteiger partial charge on any atom is -0.342 e. The third kappa shape index (κ3) is 10.8. The molecule has 6 N–H and O–H groups in total. The Kier molecular flexibility index (Phi) is 15.8. The molecule has 3 aromatic carbocycles. The van der Waals surface area contributed by atoms with Crippen LogP contribution in [0.2, 0.25) is 0 Å². The quantitative estimate of drug-likeness (QED) is 0.0797. The van der Waals surface area contributed by atoms with Crippen molar-refractivity contribution in [2.24, 2.45) is 17.8 Å². The summed E-state index contributed by atoms with van der Waals surface area (Å²) in [5.74, 6) is 0.366. The van der Waals surface area contributed by atoms with Crippen LogP contribution in [0.1, 0.15) is 58.2 Å². The predicted octanol–water partition coefficient (Wildman–Crippen LogP) is 4.00. The molecule has 0 unspecified atom stereocenters. The van der Waals surface area contributed by atoms with Crippen LogP contribution in [0.15, 0.2) is 91.0 Å². The van der Waals surface area contributed by atoms with Gasteiger partial charge in [-0.25, -0.2) is 0 Å². The summed E-state index contributed by atoms with van der Waals surface area (Å²) in [5, 5.41) is 16.8. The van der Waals surface area contributed by atoms with Gasteiger partial charge in [0, 0.05) is 17.3 Å². The van der Waals surface area contributed by atoms with Crippen LogP contribution in [0.5, 0.6) is 0 Å². The molecule has 12 nitrogen and oxygen atoms in total. The monoisotopic (exact) mass is 846 g/mol. The Hall–Kier alpha value is -4.47. The predicted molar refractivity (Wildman–Crippen MR) is 233 cm³/mol. The highest BCUT2D eigenvalue weighted by molar-refractivity contribution is 8.76. The van der Waals surface area contributed by atoms with Crippen LogP contribution in [0.4, 0.5) is 0 Å². The number of benzene rings is 3. The second-order valence-corrected chi connectivity index (χ2v) is 19.3. The lowest BCUT2D eigenvalue weighted by molar-refractivity contribution is -0.137. The molecule has 3 heterocycles. The molecule has 0 aliphatic carbocycles. The van der Waals surface area contributed by atoms with Gasteiger partial charge in [0.2, 0.25) is 35.4 Å². The van der Waals surface area contributed by atoms with Crippen molar-refractivity contribution in [3.8, 4) is 0 Å². The largest absolute Gasteiger partial charge is 0.342 e. The van der Waals surface area contributed by atoms with E-state index in [0.717, 1.165) is 16.7 Å². The number of nitrogens with one attached hydrogen (secondary N) is 6. The van der Waals surface area contributed by atoms with Crippen molar-refractivity contribution in [2.45, 2.75) is 82.5 Å². The molecule has 0 spiro atoms. The summed E-state index contributed by atoms with van der Waals surface area (Å²) in [6.07, 6.45) is 0. The summed E-state index contributed by atoms with van der Waals surface area (Å²) < 4.78 is -0.524. The van der Waals surface area contributed by atoms with Gasteiger partial charge in [0.25, 0.3) is 0 Å². The van der Waals surface area contributed by atoms with E-state index in [-0.39, 0.29) is 53.2 Å². The van der Waals surface area contributed by atoms with Crippen LogP contribution in [0.3, 0.4) is 0 Å². The molecule has 0 aromatic heterocycles. The molecule has 3 saturated heterocycles. The number of piperazine rings is 3. The minimum absolute atomic E-state index is 0.0324. The maximum atomic E-state index is 12.8. The van der Waals surface area contributed by atoms with Crippen LogP contribution in [-0.2, 0) is 33.5 Å². The number of hydrogen-bond donors (Lipinski definition) is 6. The van der Waals surface area contributed by atoms with Gasteiger partial charge in [-0.3, -0.25) is 28.8 Å². The van der Waals surface area contributed by atoms with Crippen LogP contribution in [0, 0.1) is 17.8 Å². The second kappa shape index (κ2) is 20.5. The van der Waals surface area contributed by atoms with E-state index in [9.17, 15) is 28.8 Å². The van der Waals surface area contributed by atoms with E-state index < -0.39 is 41.0 Å². The Bertz CT molecular complexity index is 1760. The maximum Gasteiger partial charge on any atom is 0.244 e. The first-order valence-electron chi connectivity index (χ1n) is 19.6. The smallest absolute Gasteiger partial charge is 0.244 e. The van der Waals surface area contributed by atoms with Gasteiger partial charge in [-0.15, -0.1) is 11.8 Å². The van der Waals surface area contributed by atoms with Crippen molar-refractivity contribution < 1.29 is 28.8 Å². The number of carbonyl (C=O) groups is 6. The average molecular weight is 847 g/mol. The van der Waals surface area contributed by atoms with E-state index in [1.54, 1.807) is 11.8 Å². The molecule has 3 aliphatic heterocycles. The third-order valence-electron chi connectivity index (χ3n) is 10.2. The van der Waals surface area contributed by atoms with Gasteiger partial charge in [-0.1, -0.05) is 154 Å². The van der Waals surface area contributed by atoms with Gasteiger partial charge in [-0.05, 0) is 34.4 Å². The summed E-state index contributed by atoms with van der Waals surface area (Å²) in [5.41, 5.74) is 3.39. The Balaban J connectivity index is 0.000000226. The Labute approximate surface area is 353 Å². The number of rotatable bonds is 14. The van der Waals surface area contributed by atoms with Gasteiger partial charge in [0.05, 0.1) is 4.75 Å². The van der Waals surface area contributed by atoms with Crippen LogP contribution in [0.25, 0.3) is 0 Å². The summed E-state index contributed by atoms with van der Waals surface area (Å²) >= 11 is 1.67. The first-order valence-corrected chi connectivity index (χ1v) is 23.1. The maximum absolute atomic E-state index is 12.8. The number of carbonyl (C=O) groups excluding carboxylic acids is 6. The third-order valence-corrected chi connectivity index (χ3v) is 14.3. The molecular formula is C43H54N6O6S3. The molecule has 6 amide bonds. The van der Waals surface area contributed by atoms with E-state index in [0.29, 0.717) is 17.3 Å². The average Bonchev–Trinajstić information content (AvgIpc) is 3.21. The van der Waals surface area contributed by atoms with E-state index in [2.05, 4.69) is 68.3 Å². The highest BCUT2D eigenvalue weighted by atomic mass is 33.1. The molecule has 0 saturated carbocycles. The number of thioether (sulfide) groups is 1. The summed E-state index contributed by atoms with van der Waals surface area (Å²) in [6, 6.07) is 27.8. The Morgan fingerprint density at radius 2 is 0.690 bits per heavy atom. The van der Waals surface area contributed by atoms with Crippen molar-refractivity contribution >= 4 is 68.8 Å². The summed E-state index contributed by atoms with van der Waals surface area (Å²) in [6.45, 7) is 11.4. The molecule has 3 aliphatic rings. The minimum atomic E-state index is -0.588. The first-order chi connectivity index (χ1) is 27.7. The van der Waals surface area contributed by atoms with Crippen molar-refractivity contribution in [1.29, 1.82) is 0 Å². The molecule has 6 atom stereocenters. The molecule has 6 rings (SSSR count). The van der Waals surface area contributed by atoms with Crippen LogP contribution >= 0.6 is 33.3 Å². The van der Waals surface area contributed by atoms with Gasteiger partial charge in [-0.2, -0.15) is 0 Å².